The number of nitrogens with one attached hydrogen (secondary N) is 2. The molecular weight excluding hydrogens is 368 g/mol. The molecule has 27 heavy (non-hydrogen) atoms. The third-order valence-corrected chi connectivity index (χ3v) is 5.11. The number of anilines is 2. The molecule has 0 aliphatic heterocycles. The van der Waals surface area contributed by atoms with Gasteiger partial charge >= 0.3 is 0 Å². The van der Waals surface area contributed by atoms with Gasteiger partial charge in [-0.1, -0.05) is 17.3 Å². The molecule has 0 saturated heterocycles. The summed E-state index contributed by atoms with van der Waals surface area (Å²) < 4.78 is 32.3. The smallest absolute Gasteiger partial charge is 0.217 e. The average molecular weight is 390 g/mol. The summed E-state index contributed by atoms with van der Waals surface area (Å²) in [6.45, 7) is 2.42. The number of hydrogen-bond donors (Lipinski definition) is 2. The lowest BCUT2D eigenvalue weighted by molar-refractivity contribution is 0.448. The minimum atomic E-state index is -3.53. The van der Waals surface area contributed by atoms with Crippen LogP contribution in [0.3, 0.4) is 0 Å². The minimum Gasteiger partial charge on any atom is -0.369 e. The first kappa shape index (κ1) is 19.1. The minimum absolute atomic E-state index is 0.221. The maximum atomic E-state index is 12.3. The highest BCUT2D eigenvalue weighted by atomic mass is 32.2. The summed E-state index contributed by atoms with van der Waals surface area (Å²) in [7, 11) is 0.259. The van der Waals surface area contributed by atoms with E-state index in [2.05, 4.69) is 25.2 Å². The molecule has 2 N–H and O–H groups in total. The largest absolute Gasteiger partial charge is 0.369 e. The zero-order chi connectivity index (χ0) is 19.4. The predicted octanol–water partition coefficient (Wildman–Crippen LogP) is 1.52. The van der Waals surface area contributed by atoms with E-state index in [4.69, 9.17) is 4.52 Å². The molecule has 0 radical (unpaired) electrons. The van der Waals surface area contributed by atoms with Crippen LogP contribution in [-0.4, -0.2) is 50.7 Å². The lowest BCUT2D eigenvalue weighted by Gasteiger charge is -2.14. The van der Waals surface area contributed by atoms with Crippen LogP contribution < -0.4 is 14.9 Å². The fourth-order valence-corrected chi connectivity index (χ4v) is 3.63. The van der Waals surface area contributed by atoms with Crippen LogP contribution in [0.4, 0.5) is 11.6 Å². The summed E-state index contributed by atoms with van der Waals surface area (Å²) in [5.74, 6) is 1.83. The zero-order valence-electron chi connectivity index (χ0n) is 15.4. The first-order valence-corrected chi connectivity index (χ1v) is 10.1. The van der Waals surface area contributed by atoms with Crippen molar-refractivity contribution in [3.8, 4) is 0 Å². The van der Waals surface area contributed by atoms with Gasteiger partial charge in [0.05, 0.1) is 0 Å². The van der Waals surface area contributed by atoms with Crippen LogP contribution in [0, 0.1) is 6.92 Å². The number of fused-ring (bicyclic) bond motifs is 1. The Hall–Kier alpha value is -2.72. The van der Waals surface area contributed by atoms with Gasteiger partial charge in [-0.25, -0.2) is 23.1 Å². The molecule has 0 aliphatic carbocycles. The molecule has 0 aliphatic rings. The van der Waals surface area contributed by atoms with E-state index >= 15 is 0 Å². The second kappa shape index (κ2) is 7.89. The number of benzene rings is 1. The highest BCUT2D eigenvalue weighted by Gasteiger charge is 2.17. The molecule has 0 saturated carbocycles. The first-order chi connectivity index (χ1) is 12.8. The summed E-state index contributed by atoms with van der Waals surface area (Å²) >= 11 is 0. The maximum Gasteiger partial charge on any atom is 0.217 e. The van der Waals surface area contributed by atoms with Crippen LogP contribution in [0.1, 0.15) is 11.5 Å². The van der Waals surface area contributed by atoms with Crippen LogP contribution in [0.2, 0.25) is 0 Å². The lowest BCUT2D eigenvalue weighted by Crippen LogP contribution is -2.30. The Kier molecular flexibility index (Phi) is 5.57. The van der Waals surface area contributed by atoms with Gasteiger partial charge in [0.2, 0.25) is 10.0 Å². The quantitative estimate of drug-likeness (QED) is 0.557. The van der Waals surface area contributed by atoms with Gasteiger partial charge in [-0.05, 0) is 19.1 Å². The molecule has 3 aromatic rings. The van der Waals surface area contributed by atoms with Crippen molar-refractivity contribution in [1.82, 2.24) is 19.8 Å². The lowest BCUT2D eigenvalue weighted by atomic mass is 10.2. The van der Waals surface area contributed by atoms with Gasteiger partial charge in [-0.3, -0.25) is 0 Å². The number of rotatable bonds is 8. The van der Waals surface area contributed by atoms with E-state index in [0.29, 0.717) is 34.9 Å². The molecule has 2 heterocycles. The third kappa shape index (κ3) is 4.92. The van der Waals surface area contributed by atoms with E-state index in [0.717, 1.165) is 5.82 Å². The standard InChI is InChI=1S/C17H22N6O3S/c1-12-20-16(10-17(21-12)23(2)3)18-8-9-19-27(24,25)11-14-13-6-4-5-7-15(13)26-22-14/h4-7,10,19H,8-9,11H2,1-3H3,(H,18,20,21). The first-order valence-electron chi connectivity index (χ1n) is 8.41. The number of nitrogens with zero attached hydrogens (tertiary/aromatic N) is 4. The van der Waals surface area contributed by atoms with E-state index in [-0.39, 0.29) is 12.3 Å². The maximum absolute atomic E-state index is 12.3. The van der Waals surface area contributed by atoms with Crippen molar-refractivity contribution in [2.24, 2.45) is 0 Å². The number of aromatic nitrogens is 3. The molecular formula is C17H22N6O3S. The van der Waals surface area contributed by atoms with E-state index in [1.54, 1.807) is 12.1 Å². The molecule has 9 nitrogen and oxygen atoms in total. The van der Waals surface area contributed by atoms with Gasteiger partial charge in [0.1, 0.15) is 28.9 Å². The zero-order valence-corrected chi connectivity index (χ0v) is 16.2. The van der Waals surface area contributed by atoms with Gasteiger partial charge in [0.25, 0.3) is 0 Å². The topological polar surface area (TPSA) is 113 Å². The molecule has 0 atom stereocenters. The number of para-hydroxylation sites is 1. The average Bonchev–Trinajstić information content (AvgIpc) is 3.01. The molecule has 1 aromatic carbocycles. The number of sulfonamides is 1. The molecule has 0 spiro atoms. The Morgan fingerprint density at radius 1 is 1.15 bits per heavy atom. The Morgan fingerprint density at radius 3 is 2.70 bits per heavy atom. The molecule has 2 aromatic heterocycles. The van der Waals surface area contributed by atoms with Crippen LogP contribution in [-0.2, 0) is 15.8 Å². The highest BCUT2D eigenvalue weighted by molar-refractivity contribution is 7.88. The van der Waals surface area contributed by atoms with Gasteiger partial charge in [-0.2, -0.15) is 0 Å². The number of aryl methyl sites for hydroxylation is 1. The Morgan fingerprint density at radius 2 is 1.93 bits per heavy atom. The summed E-state index contributed by atoms with van der Waals surface area (Å²) in [6.07, 6.45) is 0. The van der Waals surface area contributed by atoms with Crippen molar-refractivity contribution in [1.29, 1.82) is 0 Å². The molecule has 144 valence electrons. The van der Waals surface area contributed by atoms with Crippen molar-refractivity contribution in [2.75, 3.05) is 37.4 Å². The molecule has 10 heteroatoms. The van der Waals surface area contributed by atoms with E-state index in [9.17, 15) is 8.42 Å². The number of hydrogen-bond acceptors (Lipinski definition) is 8. The van der Waals surface area contributed by atoms with Crippen molar-refractivity contribution < 1.29 is 12.9 Å². The van der Waals surface area contributed by atoms with Crippen molar-refractivity contribution in [3.63, 3.8) is 0 Å². The normalized spacial score (nSPS) is 11.7. The fourth-order valence-electron chi connectivity index (χ4n) is 2.54. The monoisotopic (exact) mass is 390 g/mol. The van der Waals surface area contributed by atoms with Crippen molar-refractivity contribution >= 4 is 32.6 Å². The SMILES string of the molecule is Cc1nc(NCCNS(=O)(=O)Cc2noc3ccccc23)cc(N(C)C)n1. The predicted molar refractivity (Wildman–Crippen MR) is 104 cm³/mol. The highest BCUT2D eigenvalue weighted by Crippen LogP contribution is 2.19. The molecule has 0 amide bonds. The van der Waals surface area contributed by atoms with Gasteiger partial charge in [0.15, 0.2) is 5.58 Å². The summed E-state index contributed by atoms with van der Waals surface area (Å²) in [6, 6.07) is 8.98. The second-order valence-corrected chi connectivity index (χ2v) is 8.07. The fraction of sp³-hybridized carbons (Fsp3) is 0.353. The summed E-state index contributed by atoms with van der Waals surface area (Å²) in [4.78, 5) is 10.5. The molecule has 3 rings (SSSR count). The third-order valence-electron chi connectivity index (χ3n) is 3.81. The van der Waals surface area contributed by atoms with Crippen LogP contribution >= 0.6 is 0 Å². The molecule has 0 fully saturated rings. The van der Waals surface area contributed by atoms with E-state index in [1.165, 1.54) is 0 Å². The molecule has 0 unspecified atom stereocenters. The van der Waals surface area contributed by atoms with Gasteiger partial charge in [-0.15, -0.1) is 0 Å². The Labute approximate surface area is 157 Å². The van der Waals surface area contributed by atoms with Crippen LogP contribution in [0.25, 0.3) is 11.0 Å². The van der Waals surface area contributed by atoms with Crippen molar-refractivity contribution in [2.45, 2.75) is 12.7 Å². The van der Waals surface area contributed by atoms with Gasteiger partial charge in [0, 0.05) is 38.6 Å². The van der Waals surface area contributed by atoms with E-state index in [1.807, 2.05) is 44.1 Å². The Balaban J connectivity index is 1.55. The van der Waals surface area contributed by atoms with Gasteiger partial charge < -0.3 is 14.7 Å². The van der Waals surface area contributed by atoms with Crippen molar-refractivity contribution in [3.05, 3.63) is 41.9 Å². The summed E-state index contributed by atoms with van der Waals surface area (Å²) in [5.41, 5.74) is 0.966. The molecule has 0 bridgehead atoms. The summed E-state index contributed by atoms with van der Waals surface area (Å²) in [5, 5.41) is 7.67. The van der Waals surface area contributed by atoms with Crippen LogP contribution in [0.5, 0.6) is 0 Å². The van der Waals surface area contributed by atoms with E-state index < -0.39 is 10.0 Å². The second-order valence-electron chi connectivity index (χ2n) is 6.26. The Bertz CT molecular complexity index is 1030. The van der Waals surface area contributed by atoms with Crippen LogP contribution in [0.15, 0.2) is 34.9 Å².